The van der Waals surface area contributed by atoms with E-state index in [9.17, 15) is 4.79 Å². The predicted octanol–water partition coefficient (Wildman–Crippen LogP) is 4.19. The van der Waals surface area contributed by atoms with Crippen molar-refractivity contribution in [2.24, 2.45) is 0 Å². The third-order valence-electron chi connectivity index (χ3n) is 3.44. The van der Waals surface area contributed by atoms with Crippen molar-refractivity contribution in [1.29, 1.82) is 0 Å². The number of aromatic nitrogens is 3. The molecule has 1 unspecified atom stereocenters. The molecule has 1 atom stereocenters. The molecule has 1 aromatic carbocycles. The Morgan fingerprint density at radius 2 is 1.92 bits per heavy atom. The molecule has 126 valence electrons. The third kappa shape index (κ3) is 3.31. The fraction of sp³-hybridized carbons (Fsp3) is 0.353. The van der Waals surface area contributed by atoms with Crippen molar-refractivity contribution >= 4 is 34.5 Å². The Balaban J connectivity index is 1.90. The van der Waals surface area contributed by atoms with E-state index in [-0.39, 0.29) is 6.10 Å². The molecule has 24 heavy (non-hydrogen) atoms. The third-order valence-corrected chi connectivity index (χ3v) is 4.34. The first kappa shape index (κ1) is 16.6. The van der Waals surface area contributed by atoms with Gasteiger partial charge in [-0.3, -0.25) is 4.40 Å². The molecular formula is C17H19N3O3S. The zero-order chi connectivity index (χ0) is 17.3. The van der Waals surface area contributed by atoms with E-state index in [4.69, 9.17) is 9.47 Å². The molecule has 2 aromatic heterocycles. The summed E-state index contributed by atoms with van der Waals surface area (Å²) in [4.78, 5) is 11.6. The first-order chi connectivity index (χ1) is 11.5. The maximum absolute atomic E-state index is 11.6. The van der Waals surface area contributed by atoms with Crippen LogP contribution in [0.5, 0.6) is 0 Å². The SMILES string of the molecule is Cc1cc2nnc(SC(C)OC(=O)OC(C)C)n2c2ccccc12. The summed E-state index contributed by atoms with van der Waals surface area (Å²) in [5.41, 5.74) is 2.50. The van der Waals surface area contributed by atoms with Gasteiger partial charge in [-0.1, -0.05) is 18.2 Å². The summed E-state index contributed by atoms with van der Waals surface area (Å²) in [7, 11) is 0. The van der Waals surface area contributed by atoms with E-state index in [0.29, 0.717) is 5.16 Å². The molecule has 0 fully saturated rings. The first-order valence-corrected chi connectivity index (χ1v) is 8.61. The van der Waals surface area contributed by atoms with Crippen LogP contribution in [0.2, 0.25) is 0 Å². The van der Waals surface area contributed by atoms with Gasteiger partial charge >= 0.3 is 6.16 Å². The van der Waals surface area contributed by atoms with Gasteiger partial charge in [0.05, 0.1) is 11.6 Å². The number of benzene rings is 1. The summed E-state index contributed by atoms with van der Waals surface area (Å²) in [5, 5.41) is 10.3. The molecule has 6 nitrogen and oxygen atoms in total. The van der Waals surface area contributed by atoms with Crippen LogP contribution in [0.4, 0.5) is 4.79 Å². The van der Waals surface area contributed by atoms with Crippen LogP contribution in [-0.4, -0.2) is 32.3 Å². The molecule has 7 heteroatoms. The lowest BCUT2D eigenvalue weighted by Crippen LogP contribution is -2.17. The van der Waals surface area contributed by atoms with Crippen molar-refractivity contribution < 1.29 is 14.3 Å². The van der Waals surface area contributed by atoms with Crippen LogP contribution < -0.4 is 0 Å². The summed E-state index contributed by atoms with van der Waals surface area (Å²) < 4.78 is 12.2. The van der Waals surface area contributed by atoms with Gasteiger partial charge in [0.25, 0.3) is 0 Å². The fourth-order valence-electron chi connectivity index (χ4n) is 2.48. The summed E-state index contributed by atoms with van der Waals surface area (Å²) in [6, 6.07) is 10.1. The van der Waals surface area contributed by atoms with Crippen molar-refractivity contribution in [3.05, 3.63) is 35.9 Å². The van der Waals surface area contributed by atoms with Gasteiger partial charge in [-0.25, -0.2) is 4.79 Å². The molecule has 2 heterocycles. The maximum atomic E-state index is 11.6. The van der Waals surface area contributed by atoms with Crippen LogP contribution in [0.15, 0.2) is 35.5 Å². The molecular weight excluding hydrogens is 326 g/mol. The van der Waals surface area contributed by atoms with Crippen LogP contribution in [0, 0.1) is 6.92 Å². The van der Waals surface area contributed by atoms with Gasteiger partial charge in [0.15, 0.2) is 16.2 Å². The average Bonchev–Trinajstić information content (AvgIpc) is 2.89. The standard InChI is InChI=1S/C17H19N3O3S/c1-10(2)22-17(21)23-12(4)24-16-19-18-15-9-11(3)13-7-5-6-8-14(13)20(15)16/h5-10,12H,1-4H3. The van der Waals surface area contributed by atoms with E-state index in [1.807, 2.05) is 28.7 Å². The molecule has 0 spiro atoms. The largest absolute Gasteiger partial charge is 0.509 e. The van der Waals surface area contributed by atoms with Gasteiger partial charge in [-0.05, 0) is 57.2 Å². The number of hydrogen-bond acceptors (Lipinski definition) is 6. The first-order valence-electron chi connectivity index (χ1n) is 7.73. The number of nitrogens with zero attached hydrogens (tertiary/aromatic N) is 3. The summed E-state index contributed by atoms with van der Waals surface area (Å²) >= 11 is 1.32. The van der Waals surface area contributed by atoms with Crippen LogP contribution in [0.3, 0.4) is 0 Å². The zero-order valence-electron chi connectivity index (χ0n) is 14.0. The Bertz CT molecular complexity index is 891. The maximum Gasteiger partial charge on any atom is 0.509 e. The van der Waals surface area contributed by atoms with E-state index in [2.05, 4.69) is 23.2 Å². The molecule has 0 N–H and O–H groups in total. The molecule has 0 bridgehead atoms. The summed E-state index contributed by atoms with van der Waals surface area (Å²) in [5.74, 6) is 0. The van der Waals surface area contributed by atoms with Gasteiger partial charge in [-0.2, -0.15) is 0 Å². The van der Waals surface area contributed by atoms with E-state index in [0.717, 1.165) is 22.1 Å². The number of fused-ring (bicyclic) bond motifs is 3. The smallest absolute Gasteiger partial charge is 0.432 e. The van der Waals surface area contributed by atoms with Gasteiger partial charge in [-0.15, -0.1) is 10.2 Å². The minimum Gasteiger partial charge on any atom is -0.432 e. The zero-order valence-corrected chi connectivity index (χ0v) is 14.8. The second kappa shape index (κ2) is 6.68. The molecule has 0 saturated carbocycles. The minimum absolute atomic E-state index is 0.212. The Morgan fingerprint density at radius 1 is 1.17 bits per heavy atom. The van der Waals surface area contributed by atoms with E-state index in [1.165, 1.54) is 11.8 Å². The molecule has 0 aliphatic heterocycles. The molecule has 0 radical (unpaired) electrons. The number of hydrogen-bond donors (Lipinski definition) is 0. The fourth-order valence-corrected chi connectivity index (χ4v) is 3.29. The lowest BCUT2D eigenvalue weighted by Gasteiger charge is -2.14. The summed E-state index contributed by atoms with van der Waals surface area (Å²) in [6.07, 6.45) is -0.893. The molecule has 3 aromatic rings. The quantitative estimate of drug-likeness (QED) is 0.401. The van der Waals surface area contributed by atoms with Gasteiger partial charge in [0.2, 0.25) is 0 Å². The number of aryl methyl sites for hydroxylation is 1. The Hall–Kier alpha value is -2.28. The molecule has 0 amide bonds. The number of carbonyl (C=O) groups is 1. The Labute approximate surface area is 144 Å². The average molecular weight is 345 g/mol. The van der Waals surface area contributed by atoms with Crippen molar-refractivity contribution in [3.63, 3.8) is 0 Å². The Morgan fingerprint density at radius 3 is 2.67 bits per heavy atom. The van der Waals surface area contributed by atoms with Crippen LogP contribution in [-0.2, 0) is 9.47 Å². The Kier molecular flexibility index (Phi) is 4.62. The number of thioether (sulfide) groups is 1. The number of rotatable bonds is 4. The van der Waals surface area contributed by atoms with Crippen molar-refractivity contribution in [2.75, 3.05) is 0 Å². The molecule has 3 rings (SSSR count). The molecule has 0 aliphatic rings. The van der Waals surface area contributed by atoms with Crippen molar-refractivity contribution in [3.8, 4) is 0 Å². The van der Waals surface area contributed by atoms with Gasteiger partial charge < -0.3 is 9.47 Å². The van der Waals surface area contributed by atoms with Crippen molar-refractivity contribution in [1.82, 2.24) is 14.6 Å². The highest BCUT2D eigenvalue weighted by Gasteiger charge is 2.18. The highest BCUT2D eigenvalue weighted by atomic mass is 32.2. The van der Waals surface area contributed by atoms with Gasteiger partial charge in [0.1, 0.15) is 0 Å². The highest BCUT2D eigenvalue weighted by Crippen LogP contribution is 2.28. The van der Waals surface area contributed by atoms with Crippen molar-refractivity contribution in [2.45, 2.75) is 44.4 Å². The second-order valence-electron chi connectivity index (χ2n) is 5.74. The molecule has 0 aliphatic carbocycles. The van der Waals surface area contributed by atoms with E-state index in [1.54, 1.807) is 20.8 Å². The highest BCUT2D eigenvalue weighted by molar-refractivity contribution is 7.99. The lowest BCUT2D eigenvalue weighted by molar-refractivity contribution is 0.0311. The van der Waals surface area contributed by atoms with Crippen LogP contribution in [0.1, 0.15) is 26.3 Å². The monoisotopic (exact) mass is 345 g/mol. The number of para-hydroxylation sites is 1. The van der Waals surface area contributed by atoms with Crippen LogP contribution in [0.25, 0.3) is 16.6 Å². The summed E-state index contributed by atoms with van der Waals surface area (Å²) in [6.45, 7) is 7.39. The second-order valence-corrected chi connectivity index (χ2v) is 7.01. The number of carbonyl (C=O) groups excluding carboxylic acids is 1. The molecule has 0 saturated heterocycles. The minimum atomic E-state index is -0.681. The lowest BCUT2D eigenvalue weighted by atomic mass is 10.1. The number of pyridine rings is 1. The number of ether oxygens (including phenoxy) is 2. The van der Waals surface area contributed by atoms with E-state index < -0.39 is 11.6 Å². The van der Waals surface area contributed by atoms with E-state index >= 15 is 0 Å². The topological polar surface area (TPSA) is 65.7 Å². The van der Waals surface area contributed by atoms with Gasteiger partial charge in [0, 0.05) is 5.39 Å². The normalized spacial score (nSPS) is 12.7. The van der Waals surface area contributed by atoms with Crippen LogP contribution >= 0.6 is 11.8 Å². The predicted molar refractivity (Wildman–Crippen MR) is 93.3 cm³/mol.